The SMILES string of the molecule is CCOP(=O)(OCC)C(NS(=O)(=O)c1ccccc1)(C(Cl)(Cl)Cl)P(=O)(c1ccccc1)c1ccccc1. The fourth-order valence-corrected chi connectivity index (χ4v) is 15.5. The van der Waals surface area contributed by atoms with Crippen molar-refractivity contribution in [2.24, 2.45) is 0 Å². The zero-order valence-electron chi connectivity index (χ0n) is 20.0. The first kappa shape index (κ1) is 30.4. The van der Waals surface area contributed by atoms with Crippen LogP contribution in [-0.4, -0.2) is 30.4 Å². The van der Waals surface area contributed by atoms with Crippen LogP contribution in [-0.2, 0) is 28.2 Å². The molecule has 0 aliphatic heterocycles. The first-order valence-corrected chi connectivity index (χ1v) is 17.0. The molecule has 0 aliphatic rings. The standard InChI is InChI=1S/C24H26Cl3NO6P2S/c1-3-33-36(30,34-4-2)24(23(25,26)27,28-37(31,32)22-18-12-7-13-19-22)35(29,20-14-8-5-9-15-20)21-16-10-6-11-17-21/h5-19,28H,3-4H2,1-2H3. The summed E-state index contributed by atoms with van der Waals surface area (Å²) < 4.78 is 68.8. The average Bonchev–Trinajstić information content (AvgIpc) is 2.88. The Morgan fingerprint density at radius 1 is 0.730 bits per heavy atom. The number of rotatable bonds is 11. The van der Waals surface area contributed by atoms with Gasteiger partial charge in [0.05, 0.1) is 18.1 Å². The van der Waals surface area contributed by atoms with Crippen LogP contribution in [0.4, 0.5) is 0 Å². The van der Waals surface area contributed by atoms with Crippen molar-refractivity contribution in [3.8, 4) is 0 Å². The molecule has 1 atom stereocenters. The number of halogens is 3. The summed E-state index contributed by atoms with van der Waals surface area (Å²) in [5, 5.41) is -2.79. The predicted octanol–water partition coefficient (Wildman–Crippen LogP) is 6.27. The Kier molecular flexibility index (Phi) is 9.78. The highest BCUT2D eigenvalue weighted by molar-refractivity contribution is 7.94. The fraction of sp³-hybridized carbons (Fsp3) is 0.250. The van der Waals surface area contributed by atoms with Gasteiger partial charge in [0.1, 0.15) is 0 Å². The minimum atomic E-state index is -4.90. The summed E-state index contributed by atoms with van der Waals surface area (Å²) >= 11 is 19.8. The first-order valence-electron chi connectivity index (χ1n) is 11.2. The minimum Gasteiger partial charge on any atom is -0.311 e. The van der Waals surface area contributed by atoms with Crippen molar-refractivity contribution >= 4 is 70.2 Å². The maximum absolute atomic E-state index is 15.7. The summed E-state index contributed by atoms with van der Waals surface area (Å²) in [4.78, 5) is -0.235. The molecule has 0 aliphatic carbocycles. The summed E-state index contributed by atoms with van der Waals surface area (Å²) in [6.45, 7) is 2.57. The van der Waals surface area contributed by atoms with Crippen molar-refractivity contribution < 1.29 is 26.6 Å². The van der Waals surface area contributed by atoms with Crippen LogP contribution >= 0.6 is 49.5 Å². The van der Waals surface area contributed by atoms with Crippen molar-refractivity contribution in [3.05, 3.63) is 91.0 Å². The van der Waals surface area contributed by atoms with Crippen LogP contribution < -0.4 is 15.3 Å². The van der Waals surface area contributed by atoms with Gasteiger partial charge in [-0.05, 0) is 26.0 Å². The maximum Gasteiger partial charge on any atom is 0.364 e. The van der Waals surface area contributed by atoms with Crippen LogP contribution in [0, 0.1) is 0 Å². The number of sulfonamides is 1. The molecule has 0 radical (unpaired) electrons. The van der Waals surface area contributed by atoms with Gasteiger partial charge in [0.25, 0.3) is 0 Å². The Morgan fingerprint density at radius 3 is 1.46 bits per heavy atom. The Balaban J connectivity index is 2.58. The molecule has 0 saturated carbocycles. The summed E-state index contributed by atoms with van der Waals surface area (Å²) in [5.74, 6) is 0. The minimum absolute atomic E-state index is 0.0721. The van der Waals surface area contributed by atoms with Crippen molar-refractivity contribution in [1.82, 2.24) is 4.72 Å². The third kappa shape index (κ3) is 5.60. The van der Waals surface area contributed by atoms with Gasteiger partial charge in [0.2, 0.25) is 18.8 Å². The molecule has 1 unspecified atom stereocenters. The lowest BCUT2D eigenvalue weighted by Gasteiger charge is -2.47. The smallest absolute Gasteiger partial charge is 0.311 e. The van der Waals surface area contributed by atoms with Gasteiger partial charge in [-0.25, -0.2) is 8.42 Å². The fourth-order valence-electron chi connectivity index (χ4n) is 3.89. The molecule has 0 amide bonds. The molecule has 1 N–H and O–H groups in total. The number of hydrogen-bond acceptors (Lipinski definition) is 6. The van der Waals surface area contributed by atoms with Gasteiger partial charge in [-0.1, -0.05) is 114 Å². The lowest BCUT2D eigenvalue weighted by molar-refractivity contribution is 0.205. The second-order valence-corrected chi connectivity index (χ2v) is 17.1. The van der Waals surface area contributed by atoms with Gasteiger partial charge in [0.15, 0.2) is 7.14 Å². The third-order valence-electron chi connectivity index (χ3n) is 5.42. The molecule has 7 nitrogen and oxygen atoms in total. The van der Waals surface area contributed by atoms with E-state index >= 15 is 4.57 Å². The molecule has 0 heterocycles. The van der Waals surface area contributed by atoms with E-state index in [2.05, 4.69) is 4.72 Å². The molecule has 0 aromatic heterocycles. The summed E-state index contributed by atoms with van der Waals surface area (Å²) in [6, 6.07) is 22.8. The zero-order valence-corrected chi connectivity index (χ0v) is 24.8. The Morgan fingerprint density at radius 2 is 1.11 bits per heavy atom. The summed E-state index contributed by atoms with van der Waals surface area (Å²) in [7, 11) is -14.1. The second kappa shape index (κ2) is 11.9. The Labute approximate surface area is 232 Å². The van der Waals surface area contributed by atoms with Crippen molar-refractivity contribution in [3.63, 3.8) is 0 Å². The highest BCUT2D eigenvalue weighted by Gasteiger charge is 2.75. The summed E-state index contributed by atoms with van der Waals surface area (Å²) in [5.41, 5.74) is 0. The molecular formula is C24H26Cl3NO6P2S. The molecule has 13 heteroatoms. The van der Waals surface area contributed by atoms with Crippen LogP contribution in [0.1, 0.15) is 13.8 Å². The predicted molar refractivity (Wildman–Crippen MR) is 150 cm³/mol. The average molecular weight is 625 g/mol. The van der Waals surface area contributed by atoms with E-state index in [0.717, 1.165) is 0 Å². The molecular weight excluding hydrogens is 599 g/mol. The number of nitrogens with one attached hydrogen (secondary N) is 1. The van der Waals surface area contributed by atoms with Crippen LogP contribution in [0.2, 0.25) is 0 Å². The second-order valence-electron chi connectivity index (χ2n) is 7.70. The Hall–Kier alpha value is -1.18. The molecule has 200 valence electrons. The Bertz CT molecular complexity index is 1340. The van der Waals surface area contributed by atoms with Crippen LogP contribution in [0.3, 0.4) is 0 Å². The third-order valence-corrected chi connectivity index (χ3v) is 16.3. The van der Waals surface area contributed by atoms with E-state index in [-0.39, 0.29) is 28.7 Å². The topological polar surface area (TPSA) is 98.8 Å². The zero-order chi connectivity index (χ0) is 27.4. The van der Waals surface area contributed by atoms with Crippen molar-refractivity contribution in [2.45, 2.75) is 27.6 Å². The number of alkyl halides is 3. The van der Waals surface area contributed by atoms with E-state index in [1.54, 1.807) is 42.5 Å². The van der Waals surface area contributed by atoms with Crippen molar-refractivity contribution in [2.75, 3.05) is 13.2 Å². The highest BCUT2D eigenvalue weighted by atomic mass is 35.6. The molecule has 3 aromatic carbocycles. The van der Waals surface area contributed by atoms with Gasteiger partial charge in [-0.3, -0.25) is 4.57 Å². The van der Waals surface area contributed by atoms with E-state index in [1.807, 2.05) is 0 Å². The van der Waals surface area contributed by atoms with E-state index in [4.69, 9.17) is 43.9 Å². The van der Waals surface area contributed by atoms with E-state index in [9.17, 15) is 13.0 Å². The van der Waals surface area contributed by atoms with E-state index in [1.165, 1.54) is 62.4 Å². The molecule has 3 rings (SSSR count). The largest absolute Gasteiger partial charge is 0.364 e. The monoisotopic (exact) mass is 623 g/mol. The molecule has 0 bridgehead atoms. The van der Waals surface area contributed by atoms with Crippen LogP contribution in [0.25, 0.3) is 0 Å². The van der Waals surface area contributed by atoms with Gasteiger partial charge >= 0.3 is 7.60 Å². The molecule has 0 spiro atoms. The maximum atomic E-state index is 15.7. The van der Waals surface area contributed by atoms with E-state index in [0.29, 0.717) is 0 Å². The molecule has 0 fully saturated rings. The molecule has 3 aromatic rings. The van der Waals surface area contributed by atoms with Crippen LogP contribution in [0.5, 0.6) is 0 Å². The quantitative estimate of drug-likeness (QED) is 0.200. The van der Waals surface area contributed by atoms with Gasteiger partial charge in [0, 0.05) is 10.6 Å². The lowest BCUT2D eigenvalue weighted by atomic mass is 10.4. The van der Waals surface area contributed by atoms with E-state index < -0.39 is 33.6 Å². The number of benzene rings is 3. The first-order chi connectivity index (χ1) is 17.4. The van der Waals surface area contributed by atoms with Crippen molar-refractivity contribution in [1.29, 1.82) is 0 Å². The highest BCUT2D eigenvalue weighted by Crippen LogP contribution is 2.80. The lowest BCUT2D eigenvalue weighted by Crippen LogP contribution is -2.60. The molecule has 37 heavy (non-hydrogen) atoms. The van der Waals surface area contributed by atoms with Crippen LogP contribution in [0.15, 0.2) is 95.9 Å². The molecule has 0 saturated heterocycles. The van der Waals surface area contributed by atoms with Gasteiger partial charge in [-0.2, -0.15) is 4.72 Å². The van der Waals surface area contributed by atoms with Gasteiger partial charge in [-0.15, -0.1) is 0 Å². The summed E-state index contributed by atoms with van der Waals surface area (Å²) in [6.07, 6.45) is 0. The normalized spacial score (nSPS) is 14.7. The number of hydrogen-bond donors (Lipinski definition) is 1. The van der Waals surface area contributed by atoms with Gasteiger partial charge < -0.3 is 13.6 Å².